The highest BCUT2D eigenvalue weighted by molar-refractivity contribution is 5.85. The number of anilines is 2. The second kappa shape index (κ2) is 6.26. The summed E-state index contributed by atoms with van der Waals surface area (Å²) in [5.74, 6) is 0. The van der Waals surface area contributed by atoms with E-state index in [2.05, 4.69) is 5.32 Å². The van der Waals surface area contributed by atoms with E-state index >= 15 is 0 Å². The Hall–Kier alpha value is -1.75. The molecule has 0 aliphatic heterocycles. The van der Waals surface area contributed by atoms with Crippen LogP contribution in [0.1, 0.15) is 20.8 Å². The molecule has 3 N–H and O–H groups in total. The van der Waals surface area contributed by atoms with Crippen molar-refractivity contribution < 1.29 is 14.3 Å². The molecule has 18 heavy (non-hydrogen) atoms. The third-order valence-corrected chi connectivity index (χ3v) is 1.98. The van der Waals surface area contributed by atoms with Gasteiger partial charge in [0, 0.05) is 11.4 Å². The molecule has 1 aromatic rings. The monoisotopic (exact) mass is 252 g/mol. The fraction of sp³-hybridized carbons (Fsp3) is 0.462. The molecule has 0 fully saturated rings. The molecular weight excluding hydrogens is 232 g/mol. The highest BCUT2D eigenvalue weighted by atomic mass is 16.6. The minimum atomic E-state index is -0.516. The third kappa shape index (κ3) is 6.10. The van der Waals surface area contributed by atoms with Crippen molar-refractivity contribution in [1.82, 2.24) is 0 Å². The minimum Gasteiger partial charge on any atom is -0.447 e. The number of rotatable bonds is 4. The standard InChI is InChI=1S/C13H20N2O3/c1-13(2,3)18-8-7-17-12(16)15-11-6-4-5-10(14)9-11/h4-6,9H,7-8,14H2,1-3H3,(H,15,16). The first kappa shape index (κ1) is 14.3. The van der Waals surface area contributed by atoms with Crippen molar-refractivity contribution in [2.24, 2.45) is 0 Å². The van der Waals surface area contributed by atoms with Crippen molar-refractivity contribution in [3.63, 3.8) is 0 Å². The molecule has 0 spiro atoms. The number of hydrogen-bond acceptors (Lipinski definition) is 4. The molecule has 1 rings (SSSR count). The molecule has 0 aliphatic rings. The molecule has 0 atom stereocenters. The quantitative estimate of drug-likeness (QED) is 0.638. The van der Waals surface area contributed by atoms with Crippen LogP contribution < -0.4 is 11.1 Å². The van der Waals surface area contributed by atoms with Crippen molar-refractivity contribution in [2.45, 2.75) is 26.4 Å². The summed E-state index contributed by atoms with van der Waals surface area (Å²) >= 11 is 0. The van der Waals surface area contributed by atoms with Gasteiger partial charge in [-0.05, 0) is 39.0 Å². The summed E-state index contributed by atoms with van der Waals surface area (Å²) in [6, 6.07) is 6.90. The second-order valence-electron chi connectivity index (χ2n) is 4.85. The van der Waals surface area contributed by atoms with Crippen molar-refractivity contribution in [3.8, 4) is 0 Å². The van der Waals surface area contributed by atoms with E-state index in [1.165, 1.54) is 0 Å². The number of hydrogen-bond donors (Lipinski definition) is 2. The fourth-order valence-corrected chi connectivity index (χ4v) is 1.25. The minimum absolute atomic E-state index is 0.214. The summed E-state index contributed by atoms with van der Waals surface area (Å²) in [6.07, 6.45) is -0.516. The van der Waals surface area contributed by atoms with E-state index in [9.17, 15) is 4.79 Å². The molecule has 5 nitrogen and oxygen atoms in total. The van der Waals surface area contributed by atoms with Crippen LogP contribution in [0.2, 0.25) is 0 Å². The number of benzene rings is 1. The molecule has 0 radical (unpaired) electrons. The Morgan fingerprint density at radius 3 is 2.67 bits per heavy atom. The average Bonchev–Trinajstić information content (AvgIpc) is 2.23. The van der Waals surface area contributed by atoms with Crippen LogP contribution in [0.15, 0.2) is 24.3 Å². The van der Waals surface area contributed by atoms with Crippen molar-refractivity contribution >= 4 is 17.5 Å². The first-order chi connectivity index (χ1) is 8.37. The summed E-state index contributed by atoms with van der Waals surface area (Å²) in [5.41, 5.74) is 6.56. The SMILES string of the molecule is CC(C)(C)OCCOC(=O)Nc1cccc(N)c1. The van der Waals surface area contributed by atoms with Gasteiger partial charge in [-0.25, -0.2) is 4.79 Å². The fourth-order valence-electron chi connectivity index (χ4n) is 1.25. The molecule has 0 aromatic heterocycles. The summed E-state index contributed by atoms with van der Waals surface area (Å²) in [4.78, 5) is 11.4. The van der Waals surface area contributed by atoms with Gasteiger partial charge in [0.15, 0.2) is 0 Å². The predicted molar refractivity (Wildman–Crippen MR) is 71.5 cm³/mol. The van der Waals surface area contributed by atoms with Gasteiger partial charge in [0.25, 0.3) is 0 Å². The van der Waals surface area contributed by atoms with E-state index < -0.39 is 6.09 Å². The normalized spacial score (nSPS) is 11.1. The Balaban J connectivity index is 2.26. The lowest BCUT2D eigenvalue weighted by Gasteiger charge is -2.19. The maximum absolute atomic E-state index is 11.4. The molecule has 0 heterocycles. The van der Waals surface area contributed by atoms with E-state index in [4.69, 9.17) is 15.2 Å². The Morgan fingerprint density at radius 2 is 2.06 bits per heavy atom. The summed E-state index contributed by atoms with van der Waals surface area (Å²) in [7, 11) is 0. The molecule has 0 bridgehead atoms. The Bertz CT molecular complexity index is 399. The first-order valence-electron chi connectivity index (χ1n) is 5.80. The van der Waals surface area contributed by atoms with Crippen molar-refractivity contribution in [2.75, 3.05) is 24.3 Å². The molecule has 0 saturated heterocycles. The highest BCUT2D eigenvalue weighted by Gasteiger charge is 2.10. The highest BCUT2D eigenvalue weighted by Crippen LogP contribution is 2.12. The van der Waals surface area contributed by atoms with Crippen molar-refractivity contribution in [3.05, 3.63) is 24.3 Å². The topological polar surface area (TPSA) is 73.6 Å². The molecule has 0 aliphatic carbocycles. The number of nitrogens with one attached hydrogen (secondary N) is 1. The largest absolute Gasteiger partial charge is 0.447 e. The van der Waals surface area contributed by atoms with Crippen LogP contribution in [0.25, 0.3) is 0 Å². The van der Waals surface area contributed by atoms with Gasteiger partial charge in [-0.2, -0.15) is 0 Å². The van der Waals surface area contributed by atoms with Crippen LogP contribution in [0.5, 0.6) is 0 Å². The summed E-state index contributed by atoms with van der Waals surface area (Å²) in [6.45, 7) is 6.42. The van der Waals surface area contributed by atoms with Gasteiger partial charge in [-0.3, -0.25) is 5.32 Å². The number of carbonyl (C=O) groups excluding carboxylic acids is 1. The van der Waals surface area contributed by atoms with Crippen LogP contribution in [-0.4, -0.2) is 24.9 Å². The summed E-state index contributed by atoms with van der Waals surface area (Å²) < 4.78 is 10.4. The van der Waals surface area contributed by atoms with E-state index in [-0.39, 0.29) is 12.2 Å². The Labute approximate surface area is 107 Å². The number of ether oxygens (including phenoxy) is 2. The van der Waals surface area contributed by atoms with Crippen LogP contribution in [0, 0.1) is 0 Å². The van der Waals surface area contributed by atoms with Gasteiger partial charge in [0.2, 0.25) is 0 Å². The lowest BCUT2D eigenvalue weighted by atomic mass is 10.2. The Morgan fingerprint density at radius 1 is 1.33 bits per heavy atom. The maximum Gasteiger partial charge on any atom is 0.411 e. The van der Waals surface area contributed by atoms with Crippen LogP contribution in [0.4, 0.5) is 16.2 Å². The Kier molecular flexibility index (Phi) is 4.97. The van der Waals surface area contributed by atoms with Gasteiger partial charge in [-0.1, -0.05) is 6.07 Å². The first-order valence-corrected chi connectivity index (χ1v) is 5.80. The van der Waals surface area contributed by atoms with Crippen LogP contribution in [0.3, 0.4) is 0 Å². The van der Waals surface area contributed by atoms with E-state index in [0.717, 1.165) is 0 Å². The van der Waals surface area contributed by atoms with E-state index in [1.54, 1.807) is 24.3 Å². The average molecular weight is 252 g/mol. The number of nitrogens with two attached hydrogens (primary N) is 1. The van der Waals surface area contributed by atoms with E-state index in [0.29, 0.717) is 18.0 Å². The van der Waals surface area contributed by atoms with Crippen LogP contribution >= 0.6 is 0 Å². The van der Waals surface area contributed by atoms with E-state index in [1.807, 2.05) is 20.8 Å². The lowest BCUT2D eigenvalue weighted by molar-refractivity contribution is -0.0218. The molecular formula is C13H20N2O3. The molecule has 100 valence electrons. The van der Waals surface area contributed by atoms with Gasteiger partial charge in [0.05, 0.1) is 12.2 Å². The zero-order valence-electron chi connectivity index (χ0n) is 11.0. The molecule has 0 saturated carbocycles. The maximum atomic E-state index is 11.4. The van der Waals surface area contributed by atoms with Gasteiger partial charge in [0.1, 0.15) is 6.61 Å². The third-order valence-electron chi connectivity index (χ3n) is 1.98. The molecule has 1 aromatic carbocycles. The predicted octanol–water partition coefficient (Wildman–Crippen LogP) is 2.63. The van der Waals surface area contributed by atoms with Gasteiger partial charge in [-0.15, -0.1) is 0 Å². The second-order valence-corrected chi connectivity index (χ2v) is 4.85. The number of carbonyl (C=O) groups is 1. The molecule has 5 heteroatoms. The molecule has 1 amide bonds. The van der Waals surface area contributed by atoms with Crippen molar-refractivity contribution in [1.29, 1.82) is 0 Å². The number of amides is 1. The van der Waals surface area contributed by atoms with Gasteiger partial charge >= 0.3 is 6.09 Å². The number of nitrogen functional groups attached to an aromatic ring is 1. The lowest BCUT2D eigenvalue weighted by Crippen LogP contribution is -2.23. The smallest absolute Gasteiger partial charge is 0.411 e. The summed E-state index contributed by atoms with van der Waals surface area (Å²) in [5, 5.41) is 2.58. The van der Waals surface area contributed by atoms with Crippen LogP contribution in [-0.2, 0) is 9.47 Å². The zero-order valence-corrected chi connectivity index (χ0v) is 11.0. The molecule has 0 unspecified atom stereocenters. The zero-order chi connectivity index (χ0) is 13.6. The van der Waals surface area contributed by atoms with Gasteiger partial charge < -0.3 is 15.2 Å².